The molecule has 0 saturated heterocycles. The molecule has 3 heteroatoms. The normalized spacial score (nSPS) is 17.9. The van der Waals surface area contributed by atoms with E-state index in [9.17, 15) is 4.79 Å². The fraction of sp³-hybridized carbons (Fsp3) is 0.583. The van der Waals surface area contributed by atoms with Crippen LogP contribution in [-0.4, -0.2) is 0 Å². The first-order chi connectivity index (χ1) is 7.25. The van der Waals surface area contributed by atoms with Crippen LogP contribution in [0.2, 0.25) is 5.22 Å². The maximum absolute atomic E-state index is 11.5. The highest BCUT2D eigenvalue weighted by atomic mass is 35.5. The average molecular weight is 227 g/mol. The molecule has 15 heavy (non-hydrogen) atoms. The maximum atomic E-state index is 11.5. The smallest absolute Gasteiger partial charge is 0.340 e. The van der Waals surface area contributed by atoms with Crippen LogP contribution in [0.4, 0.5) is 0 Å². The lowest BCUT2D eigenvalue weighted by Gasteiger charge is -2.20. The Hall–Kier alpha value is -0.760. The Morgan fingerprint density at radius 1 is 1.27 bits per heavy atom. The first kappa shape index (κ1) is 10.7. The Kier molecular flexibility index (Phi) is 3.47. The minimum atomic E-state index is -0.270. The van der Waals surface area contributed by atoms with E-state index < -0.39 is 0 Å². The van der Waals surface area contributed by atoms with Crippen LogP contribution in [0.5, 0.6) is 0 Å². The Bertz CT molecular complexity index is 377. The van der Waals surface area contributed by atoms with Crippen LogP contribution in [0.1, 0.15) is 37.7 Å². The SMILES string of the molecule is O=c1oc(Cl)ccc1CC1CCCCC1. The molecule has 0 amide bonds. The Morgan fingerprint density at radius 2 is 2.00 bits per heavy atom. The molecule has 0 spiro atoms. The van der Waals surface area contributed by atoms with E-state index in [4.69, 9.17) is 16.0 Å². The zero-order chi connectivity index (χ0) is 10.7. The van der Waals surface area contributed by atoms with Gasteiger partial charge < -0.3 is 4.42 Å². The minimum absolute atomic E-state index is 0.174. The standard InChI is InChI=1S/C12H15ClO2/c13-11-7-6-10(12(14)15-11)8-9-4-2-1-3-5-9/h6-7,9H,1-5,8H2. The van der Waals surface area contributed by atoms with Gasteiger partial charge in [-0.3, -0.25) is 0 Å². The molecular formula is C12H15ClO2. The Morgan fingerprint density at radius 3 is 2.67 bits per heavy atom. The summed E-state index contributed by atoms with van der Waals surface area (Å²) in [7, 11) is 0. The molecule has 0 atom stereocenters. The summed E-state index contributed by atoms with van der Waals surface area (Å²) < 4.78 is 4.86. The van der Waals surface area contributed by atoms with Crippen LogP contribution in [-0.2, 0) is 6.42 Å². The van der Waals surface area contributed by atoms with Gasteiger partial charge in [0.15, 0.2) is 5.22 Å². The van der Waals surface area contributed by atoms with Crippen LogP contribution in [0, 0.1) is 5.92 Å². The highest BCUT2D eigenvalue weighted by molar-refractivity contribution is 6.28. The summed E-state index contributed by atoms with van der Waals surface area (Å²) in [5.74, 6) is 0.655. The second-order valence-corrected chi connectivity index (χ2v) is 4.63. The molecule has 1 fully saturated rings. The molecule has 2 nitrogen and oxygen atoms in total. The zero-order valence-corrected chi connectivity index (χ0v) is 9.43. The van der Waals surface area contributed by atoms with E-state index in [2.05, 4.69) is 0 Å². The molecule has 1 aromatic rings. The lowest BCUT2D eigenvalue weighted by atomic mass is 9.85. The highest BCUT2D eigenvalue weighted by Gasteiger charge is 2.15. The van der Waals surface area contributed by atoms with Crippen molar-refractivity contribution in [2.75, 3.05) is 0 Å². The minimum Gasteiger partial charge on any atom is -0.411 e. The van der Waals surface area contributed by atoms with Crippen LogP contribution < -0.4 is 5.63 Å². The Balaban J connectivity index is 2.06. The fourth-order valence-corrected chi connectivity index (χ4v) is 2.41. The van der Waals surface area contributed by atoms with Gasteiger partial charge in [-0.25, -0.2) is 4.79 Å². The first-order valence-corrected chi connectivity index (χ1v) is 5.92. The van der Waals surface area contributed by atoms with Crippen LogP contribution in [0.3, 0.4) is 0 Å². The number of halogens is 1. The van der Waals surface area contributed by atoms with E-state index in [0.717, 1.165) is 12.0 Å². The van der Waals surface area contributed by atoms with Crippen molar-refractivity contribution in [3.8, 4) is 0 Å². The van der Waals surface area contributed by atoms with Gasteiger partial charge in [0.25, 0.3) is 0 Å². The van der Waals surface area contributed by atoms with Gasteiger partial charge in [0, 0.05) is 5.56 Å². The molecule has 1 aliphatic carbocycles. The molecule has 0 radical (unpaired) electrons. The van der Waals surface area contributed by atoms with Crippen LogP contribution >= 0.6 is 11.6 Å². The van der Waals surface area contributed by atoms with Crippen LogP contribution in [0.25, 0.3) is 0 Å². The van der Waals surface area contributed by atoms with E-state index in [1.807, 2.05) is 0 Å². The van der Waals surface area contributed by atoms with Gasteiger partial charge in [-0.2, -0.15) is 0 Å². The van der Waals surface area contributed by atoms with E-state index in [1.165, 1.54) is 32.1 Å². The van der Waals surface area contributed by atoms with Gasteiger partial charge in [0.1, 0.15) is 0 Å². The van der Waals surface area contributed by atoms with E-state index in [0.29, 0.717) is 5.92 Å². The van der Waals surface area contributed by atoms with E-state index in [-0.39, 0.29) is 10.8 Å². The lowest BCUT2D eigenvalue weighted by Crippen LogP contribution is -2.15. The third-order valence-electron chi connectivity index (χ3n) is 3.10. The summed E-state index contributed by atoms with van der Waals surface area (Å²) in [5.41, 5.74) is 0.499. The summed E-state index contributed by atoms with van der Waals surface area (Å²) in [5, 5.41) is 0.174. The summed E-state index contributed by atoms with van der Waals surface area (Å²) in [6.45, 7) is 0. The number of hydrogen-bond acceptors (Lipinski definition) is 2. The van der Waals surface area contributed by atoms with Crippen molar-refractivity contribution in [1.29, 1.82) is 0 Å². The lowest BCUT2D eigenvalue weighted by molar-refractivity contribution is 0.352. The summed E-state index contributed by atoms with van der Waals surface area (Å²) >= 11 is 5.59. The fourth-order valence-electron chi connectivity index (χ4n) is 2.28. The summed E-state index contributed by atoms with van der Waals surface area (Å²) in [4.78, 5) is 11.5. The molecule has 1 aliphatic rings. The second-order valence-electron chi connectivity index (χ2n) is 4.26. The molecule has 0 aromatic carbocycles. The third-order valence-corrected chi connectivity index (χ3v) is 3.30. The third kappa shape index (κ3) is 2.85. The molecule has 0 N–H and O–H groups in total. The molecular weight excluding hydrogens is 212 g/mol. The van der Waals surface area contributed by atoms with Crippen molar-refractivity contribution in [1.82, 2.24) is 0 Å². The molecule has 0 bridgehead atoms. The quantitative estimate of drug-likeness (QED) is 0.774. The molecule has 1 heterocycles. The Labute approximate surface area is 94.2 Å². The van der Waals surface area contributed by atoms with Crippen molar-refractivity contribution >= 4 is 11.6 Å². The molecule has 1 saturated carbocycles. The second kappa shape index (κ2) is 4.84. The van der Waals surface area contributed by atoms with Crippen molar-refractivity contribution in [2.24, 2.45) is 5.92 Å². The highest BCUT2D eigenvalue weighted by Crippen LogP contribution is 2.26. The molecule has 1 aromatic heterocycles. The first-order valence-electron chi connectivity index (χ1n) is 5.54. The van der Waals surface area contributed by atoms with Crippen molar-refractivity contribution in [3.63, 3.8) is 0 Å². The van der Waals surface area contributed by atoms with Gasteiger partial charge >= 0.3 is 5.63 Å². The topological polar surface area (TPSA) is 30.2 Å². The number of hydrogen-bond donors (Lipinski definition) is 0. The van der Waals surface area contributed by atoms with E-state index in [1.54, 1.807) is 12.1 Å². The van der Waals surface area contributed by atoms with Gasteiger partial charge in [-0.05, 0) is 36.1 Å². The molecule has 2 rings (SSSR count). The van der Waals surface area contributed by atoms with Crippen molar-refractivity contribution in [2.45, 2.75) is 38.5 Å². The van der Waals surface area contributed by atoms with Crippen molar-refractivity contribution < 1.29 is 4.42 Å². The zero-order valence-electron chi connectivity index (χ0n) is 8.67. The van der Waals surface area contributed by atoms with Crippen molar-refractivity contribution in [3.05, 3.63) is 33.3 Å². The van der Waals surface area contributed by atoms with E-state index >= 15 is 0 Å². The predicted molar refractivity (Wildman–Crippen MR) is 60.3 cm³/mol. The van der Waals surface area contributed by atoms with Gasteiger partial charge in [0.05, 0.1) is 0 Å². The molecule has 0 aliphatic heterocycles. The largest absolute Gasteiger partial charge is 0.411 e. The predicted octanol–water partition coefficient (Wildman–Crippen LogP) is 3.42. The van der Waals surface area contributed by atoms with Gasteiger partial charge in [-0.15, -0.1) is 0 Å². The van der Waals surface area contributed by atoms with Gasteiger partial charge in [-0.1, -0.05) is 32.1 Å². The van der Waals surface area contributed by atoms with Crippen LogP contribution in [0.15, 0.2) is 21.3 Å². The monoisotopic (exact) mass is 226 g/mol. The summed E-state index contributed by atoms with van der Waals surface area (Å²) in [6, 6.07) is 3.45. The summed E-state index contributed by atoms with van der Waals surface area (Å²) in [6.07, 6.45) is 7.25. The van der Waals surface area contributed by atoms with Gasteiger partial charge in [0.2, 0.25) is 0 Å². The average Bonchev–Trinajstić information content (AvgIpc) is 2.24. The molecule has 0 unspecified atom stereocenters. The molecule has 82 valence electrons. The maximum Gasteiger partial charge on any atom is 0.340 e. The number of rotatable bonds is 2.